The van der Waals surface area contributed by atoms with E-state index in [-0.39, 0.29) is 17.0 Å². The largest absolute Gasteiger partial charge is 0.486 e. The third-order valence-electron chi connectivity index (χ3n) is 5.20. The molecule has 3 aromatic rings. The van der Waals surface area contributed by atoms with E-state index in [9.17, 15) is 9.59 Å². The summed E-state index contributed by atoms with van der Waals surface area (Å²) in [5.41, 5.74) is 2.45. The quantitative estimate of drug-likeness (QED) is 0.655. The first-order chi connectivity index (χ1) is 13.5. The summed E-state index contributed by atoms with van der Waals surface area (Å²) in [4.78, 5) is 26.0. The molecule has 1 unspecified atom stereocenters. The van der Waals surface area contributed by atoms with Crippen LogP contribution in [0.5, 0.6) is 11.5 Å². The summed E-state index contributed by atoms with van der Waals surface area (Å²) in [5.74, 6) is 0.794. The average Bonchev–Trinajstić information content (AvgIpc) is 2.99. The van der Waals surface area contributed by atoms with Crippen LogP contribution in [0.1, 0.15) is 28.9 Å². The third-order valence-corrected chi connectivity index (χ3v) is 5.66. The van der Waals surface area contributed by atoms with Crippen LogP contribution in [0.25, 0.3) is 10.9 Å². The van der Waals surface area contributed by atoms with Gasteiger partial charge in [-0.05, 0) is 43.2 Å². The van der Waals surface area contributed by atoms with E-state index in [2.05, 4.69) is 28.2 Å². The number of carbonyl (C=O) groups excluding carboxylic acids is 1. The van der Waals surface area contributed by atoms with E-state index in [0.717, 1.165) is 22.0 Å². The Hall–Kier alpha value is -2.80. The number of nitrogens with zero attached hydrogens (tertiary/aromatic N) is 1. The van der Waals surface area contributed by atoms with Gasteiger partial charge in [0.1, 0.15) is 18.8 Å². The van der Waals surface area contributed by atoms with Crippen molar-refractivity contribution >= 4 is 38.4 Å². The Labute approximate surface area is 169 Å². The van der Waals surface area contributed by atoms with Gasteiger partial charge in [0.2, 0.25) is 5.43 Å². The van der Waals surface area contributed by atoms with Crippen molar-refractivity contribution in [3.8, 4) is 11.5 Å². The van der Waals surface area contributed by atoms with Crippen LogP contribution in [0.4, 0.5) is 5.69 Å². The Morgan fingerprint density at radius 3 is 2.79 bits per heavy atom. The van der Waals surface area contributed by atoms with Gasteiger partial charge in [0.25, 0.3) is 5.91 Å². The second-order valence-corrected chi connectivity index (χ2v) is 8.02. The molecule has 5 rings (SSSR count). The van der Waals surface area contributed by atoms with Gasteiger partial charge in [-0.2, -0.15) is 0 Å². The number of fused-ring (bicyclic) bond motifs is 1. The number of carbonyl (C=O) groups is 1. The smallest absolute Gasteiger partial charge is 0.261 e. The zero-order valence-electron chi connectivity index (χ0n) is 15.1. The van der Waals surface area contributed by atoms with Crippen LogP contribution in [0, 0.1) is 0 Å². The van der Waals surface area contributed by atoms with E-state index >= 15 is 0 Å². The van der Waals surface area contributed by atoms with Crippen LogP contribution in [0.15, 0.2) is 45.8 Å². The van der Waals surface area contributed by atoms with Gasteiger partial charge in [0.05, 0.1) is 5.52 Å². The fourth-order valence-corrected chi connectivity index (χ4v) is 4.45. The zero-order valence-corrected chi connectivity index (χ0v) is 16.7. The van der Waals surface area contributed by atoms with E-state index in [1.165, 1.54) is 0 Å². The van der Waals surface area contributed by atoms with Crippen LogP contribution in [-0.2, 0) is 6.42 Å². The van der Waals surface area contributed by atoms with Crippen molar-refractivity contribution in [3.63, 3.8) is 0 Å². The summed E-state index contributed by atoms with van der Waals surface area (Å²) in [6.07, 6.45) is 2.51. The number of nitrogens with one attached hydrogen (secondary N) is 1. The lowest BCUT2D eigenvalue weighted by molar-refractivity contribution is 0.102. The highest BCUT2D eigenvalue weighted by molar-refractivity contribution is 9.10. The Bertz CT molecular complexity index is 1200. The van der Waals surface area contributed by atoms with E-state index < -0.39 is 5.91 Å². The number of pyridine rings is 1. The van der Waals surface area contributed by atoms with Crippen molar-refractivity contribution in [2.24, 2.45) is 0 Å². The fourth-order valence-electron chi connectivity index (χ4n) is 3.94. The Morgan fingerprint density at radius 1 is 1.18 bits per heavy atom. The van der Waals surface area contributed by atoms with E-state index in [4.69, 9.17) is 9.47 Å². The van der Waals surface area contributed by atoms with Crippen LogP contribution in [0.3, 0.4) is 0 Å². The van der Waals surface area contributed by atoms with E-state index in [1.54, 1.807) is 30.5 Å². The molecule has 0 radical (unpaired) electrons. The first kappa shape index (κ1) is 17.3. The predicted molar refractivity (Wildman–Crippen MR) is 110 cm³/mol. The SMILES string of the molecule is CC1Cc2cc(Br)cc3c(=O)c(C(=O)Nc4ccc5c(c4)OCCO5)cn1c23. The van der Waals surface area contributed by atoms with Crippen molar-refractivity contribution in [3.05, 3.63) is 62.4 Å². The number of halogens is 1. The van der Waals surface area contributed by atoms with Gasteiger partial charge in [0, 0.05) is 33.9 Å². The lowest BCUT2D eigenvalue weighted by atomic mass is 10.1. The van der Waals surface area contributed by atoms with Crippen molar-refractivity contribution < 1.29 is 14.3 Å². The molecule has 1 N–H and O–H groups in total. The van der Waals surface area contributed by atoms with Gasteiger partial charge in [-0.15, -0.1) is 0 Å². The molecule has 0 saturated heterocycles. The maximum Gasteiger partial charge on any atom is 0.261 e. The second kappa shape index (κ2) is 6.38. The molecule has 1 atom stereocenters. The number of hydrogen-bond acceptors (Lipinski definition) is 4. The monoisotopic (exact) mass is 440 g/mol. The van der Waals surface area contributed by atoms with Crippen LogP contribution in [0.2, 0.25) is 0 Å². The zero-order chi connectivity index (χ0) is 19.4. The minimum atomic E-state index is -0.437. The van der Waals surface area contributed by atoms with Crippen molar-refractivity contribution in [1.82, 2.24) is 4.57 Å². The summed E-state index contributed by atoms with van der Waals surface area (Å²) in [5, 5.41) is 3.37. The summed E-state index contributed by atoms with van der Waals surface area (Å²) in [7, 11) is 0. The molecule has 2 aromatic carbocycles. The van der Waals surface area contributed by atoms with Gasteiger partial charge in [-0.25, -0.2) is 0 Å². The summed E-state index contributed by atoms with van der Waals surface area (Å²) < 4.78 is 13.9. The summed E-state index contributed by atoms with van der Waals surface area (Å²) >= 11 is 3.48. The molecular weight excluding hydrogens is 424 g/mol. The molecule has 142 valence electrons. The molecular formula is C21H17BrN2O4. The Morgan fingerprint density at radius 2 is 1.96 bits per heavy atom. The van der Waals surface area contributed by atoms with Crippen molar-refractivity contribution in [1.29, 1.82) is 0 Å². The molecule has 0 aliphatic carbocycles. The van der Waals surface area contributed by atoms with E-state index in [0.29, 0.717) is 35.8 Å². The lowest BCUT2D eigenvalue weighted by Crippen LogP contribution is -2.24. The van der Waals surface area contributed by atoms with Gasteiger partial charge in [0.15, 0.2) is 11.5 Å². The Balaban J connectivity index is 1.56. The van der Waals surface area contributed by atoms with Crippen molar-refractivity contribution in [2.75, 3.05) is 18.5 Å². The Kier molecular flexibility index (Phi) is 3.94. The van der Waals surface area contributed by atoms with Gasteiger partial charge in [-0.3, -0.25) is 9.59 Å². The molecule has 0 fully saturated rings. The summed E-state index contributed by atoms with van der Waals surface area (Å²) in [6, 6.07) is 9.21. The van der Waals surface area contributed by atoms with Gasteiger partial charge >= 0.3 is 0 Å². The molecule has 1 aromatic heterocycles. The number of aromatic nitrogens is 1. The molecule has 28 heavy (non-hydrogen) atoms. The van der Waals surface area contributed by atoms with Crippen LogP contribution < -0.4 is 20.2 Å². The fraction of sp³-hybridized carbons (Fsp3) is 0.238. The molecule has 2 aliphatic rings. The molecule has 2 aliphatic heterocycles. The normalized spacial score (nSPS) is 17.0. The lowest BCUT2D eigenvalue weighted by Gasteiger charge is -2.19. The second-order valence-electron chi connectivity index (χ2n) is 7.11. The number of benzene rings is 2. The molecule has 1 amide bonds. The van der Waals surface area contributed by atoms with Crippen LogP contribution >= 0.6 is 15.9 Å². The topological polar surface area (TPSA) is 69.6 Å². The molecule has 6 nitrogen and oxygen atoms in total. The molecule has 0 spiro atoms. The molecule has 0 saturated carbocycles. The number of hydrogen-bond donors (Lipinski definition) is 1. The molecule has 0 bridgehead atoms. The number of rotatable bonds is 2. The van der Waals surface area contributed by atoms with Crippen LogP contribution in [-0.4, -0.2) is 23.7 Å². The number of anilines is 1. The summed E-state index contributed by atoms with van der Waals surface area (Å²) in [6.45, 7) is 3.06. The minimum absolute atomic E-state index is 0.125. The highest BCUT2D eigenvalue weighted by atomic mass is 79.9. The number of amides is 1. The molecule has 3 heterocycles. The van der Waals surface area contributed by atoms with Gasteiger partial charge in [-0.1, -0.05) is 15.9 Å². The third kappa shape index (κ3) is 2.69. The standard InChI is InChI=1S/C21H17BrN2O4/c1-11-6-12-7-13(22)8-15-19(12)24(11)10-16(20(15)25)21(26)23-14-2-3-17-18(9-14)28-5-4-27-17/h2-3,7-11H,4-6H2,1H3,(H,23,26). The maximum atomic E-state index is 13.0. The maximum absolute atomic E-state index is 13.0. The van der Waals surface area contributed by atoms with Gasteiger partial charge < -0.3 is 19.4 Å². The highest BCUT2D eigenvalue weighted by Crippen LogP contribution is 2.34. The molecule has 7 heteroatoms. The number of ether oxygens (including phenoxy) is 2. The first-order valence-electron chi connectivity index (χ1n) is 9.09. The van der Waals surface area contributed by atoms with Crippen molar-refractivity contribution in [2.45, 2.75) is 19.4 Å². The minimum Gasteiger partial charge on any atom is -0.486 e. The average molecular weight is 441 g/mol. The first-order valence-corrected chi connectivity index (χ1v) is 9.89. The predicted octanol–water partition coefficient (Wildman–Crippen LogP) is 3.90. The highest BCUT2D eigenvalue weighted by Gasteiger charge is 2.25. The van der Waals surface area contributed by atoms with E-state index in [1.807, 2.05) is 10.6 Å².